The van der Waals surface area contributed by atoms with Crippen molar-refractivity contribution in [3.8, 4) is 39.9 Å². The summed E-state index contributed by atoms with van der Waals surface area (Å²) in [5.74, 6) is 2.51. The average Bonchev–Trinajstić information content (AvgIpc) is 3.18. The number of aromatic nitrogens is 4. The standard InChI is InChI=1S/C20H16Cl2N4O3/c1-27-16-9-12(10-17(28-2)18(16)29-3)15-6-7-23-20-24-19(25-26(15)20)11-4-5-13(21)14(22)8-11/h4-10H,1-3H3. The number of rotatable bonds is 5. The first kappa shape index (κ1) is 19.3. The van der Waals surface area contributed by atoms with Gasteiger partial charge in [-0.1, -0.05) is 23.2 Å². The van der Waals surface area contributed by atoms with Gasteiger partial charge in [0, 0.05) is 17.3 Å². The number of methoxy groups -OCH3 is 3. The molecule has 9 heteroatoms. The van der Waals surface area contributed by atoms with E-state index >= 15 is 0 Å². The molecule has 2 heterocycles. The van der Waals surface area contributed by atoms with Crippen molar-refractivity contribution in [3.63, 3.8) is 0 Å². The van der Waals surface area contributed by atoms with E-state index in [1.165, 1.54) is 0 Å². The van der Waals surface area contributed by atoms with Crippen LogP contribution >= 0.6 is 23.2 Å². The Morgan fingerprint density at radius 2 is 1.55 bits per heavy atom. The van der Waals surface area contributed by atoms with Crippen LogP contribution in [-0.2, 0) is 0 Å². The van der Waals surface area contributed by atoms with Gasteiger partial charge in [0.15, 0.2) is 17.3 Å². The topological polar surface area (TPSA) is 70.8 Å². The maximum atomic E-state index is 6.14. The average molecular weight is 431 g/mol. The van der Waals surface area contributed by atoms with Gasteiger partial charge in [-0.2, -0.15) is 9.50 Å². The first-order chi connectivity index (χ1) is 14.0. The van der Waals surface area contributed by atoms with Crippen molar-refractivity contribution in [3.05, 3.63) is 52.6 Å². The summed E-state index contributed by atoms with van der Waals surface area (Å²) in [4.78, 5) is 8.83. The molecule has 0 spiro atoms. The van der Waals surface area contributed by atoms with Gasteiger partial charge in [-0.25, -0.2) is 4.98 Å². The molecule has 0 saturated heterocycles. The van der Waals surface area contributed by atoms with E-state index < -0.39 is 0 Å². The minimum Gasteiger partial charge on any atom is -0.493 e. The van der Waals surface area contributed by atoms with Crippen LogP contribution in [0.3, 0.4) is 0 Å². The lowest BCUT2D eigenvalue weighted by molar-refractivity contribution is 0.324. The molecule has 0 radical (unpaired) electrons. The lowest BCUT2D eigenvalue weighted by Crippen LogP contribution is -1.99. The molecule has 0 aliphatic rings. The third-order valence-corrected chi connectivity index (χ3v) is 5.12. The van der Waals surface area contributed by atoms with E-state index in [1.54, 1.807) is 44.2 Å². The van der Waals surface area contributed by atoms with Crippen LogP contribution in [0.15, 0.2) is 42.6 Å². The molecule has 0 saturated carbocycles. The molecule has 0 aliphatic carbocycles. The van der Waals surface area contributed by atoms with Gasteiger partial charge < -0.3 is 14.2 Å². The smallest absolute Gasteiger partial charge is 0.253 e. The summed E-state index contributed by atoms with van der Waals surface area (Å²) in [5, 5.41) is 5.51. The van der Waals surface area contributed by atoms with E-state index in [0.717, 1.165) is 16.8 Å². The van der Waals surface area contributed by atoms with Gasteiger partial charge in [-0.15, -0.1) is 5.10 Å². The molecule has 0 atom stereocenters. The Morgan fingerprint density at radius 1 is 0.828 bits per heavy atom. The summed E-state index contributed by atoms with van der Waals surface area (Å²) < 4.78 is 18.0. The molecule has 2 aromatic carbocycles. The molecule has 4 rings (SSSR count). The Bertz CT molecular complexity index is 1180. The van der Waals surface area contributed by atoms with Gasteiger partial charge in [0.2, 0.25) is 5.75 Å². The predicted molar refractivity (Wildman–Crippen MR) is 111 cm³/mol. The predicted octanol–water partition coefficient (Wildman–Crippen LogP) is 4.79. The highest BCUT2D eigenvalue weighted by molar-refractivity contribution is 6.42. The van der Waals surface area contributed by atoms with E-state index in [2.05, 4.69) is 15.1 Å². The van der Waals surface area contributed by atoms with Crippen molar-refractivity contribution in [2.24, 2.45) is 0 Å². The summed E-state index contributed by atoms with van der Waals surface area (Å²) in [7, 11) is 4.70. The number of halogens is 2. The summed E-state index contributed by atoms with van der Waals surface area (Å²) >= 11 is 12.1. The molecule has 7 nitrogen and oxygen atoms in total. The molecule has 0 bridgehead atoms. The van der Waals surface area contributed by atoms with Crippen LogP contribution in [0, 0.1) is 0 Å². The van der Waals surface area contributed by atoms with Gasteiger partial charge in [0.25, 0.3) is 5.78 Å². The summed E-state index contributed by atoms with van der Waals surface area (Å²) in [6, 6.07) is 10.8. The quantitative estimate of drug-likeness (QED) is 0.453. The van der Waals surface area contributed by atoms with E-state index in [4.69, 9.17) is 37.4 Å². The Morgan fingerprint density at radius 3 is 2.17 bits per heavy atom. The molecule has 29 heavy (non-hydrogen) atoms. The Hall–Kier alpha value is -3.03. The number of nitrogens with zero attached hydrogens (tertiary/aromatic N) is 4. The van der Waals surface area contributed by atoms with Crippen LogP contribution in [0.25, 0.3) is 28.4 Å². The van der Waals surface area contributed by atoms with E-state index in [0.29, 0.717) is 38.9 Å². The second-order valence-corrected chi connectivity index (χ2v) is 6.83. The van der Waals surface area contributed by atoms with Crippen molar-refractivity contribution >= 4 is 29.0 Å². The van der Waals surface area contributed by atoms with Gasteiger partial charge >= 0.3 is 0 Å². The number of hydrogen-bond donors (Lipinski definition) is 0. The van der Waals surface area contributed by atoms with Crippen molar-refractivity contribution in [2.75, 3.05) is 21.3 Å². The second kappa shape index (κ2) is 7.77. The highest BCUT2D eigenvalue weighted by Gasteiger charge is 2.17. The molecular weight excluding hydrogens is 415 g/mol. The lowest BCUT2D eigenvalue weighted by Gasteiger charge is -2.14. The third-order valence-electron chi connectivity index (χ3n) is 4.38. The first-order valence-corrected chi connectivity index (χ1v) is 9.29. The minimum atomic E-state index is 0.431. The van der Waals surface area contributed by atoms with Crippen LogP contribution < -0.4 is 14.2 Å². The largest absolute Gasteiger partial charge is 0.493 e. The lowest BCUT2D eigenvalue weighted by atomic mass is 10.1. The molecule has 0 aliphatic heterocycles. The molecule has 2 aromatic heterocycles. The van der Waals surface area contributed by atoms with Crippen LogP contribution in [-0.4, -0.2) is 40.9 Å². The van der Waals surface area contributed by atoms with Gasteiger partial charge in [0.1, 0.15) is 0 Å². The van der Waals surface area contributed by atoms with Crippen LogP contribution in [0.5, 0.6) is 17.2 Å². The Balaban J connectivity index is 1.89. The third kappa shape index (κ3) is 3.43. The van der Waals surface area contributed by atoms with Crippen molar-refractivity contribution in [1.82, 2.24) is 19.6 Å². The van der Waals surface area contributed by atoms with Crippen LogP contribution in [0.4, 0.5) is 0 Å². The fourth-order valence-corrected chi connectivity index (χ4v) is 3.30. The molecule has 0 N–H and O–H groups in total. The van der Waals surface area contributed by atoms with E-state index in [9.17, 15) is 0 Å². The van der Waals surface area contributed by atoms with Crippen LogP contribution in [0.1, 0.15) is 0 Å². The van der Waals surface area contributed by atoms with Gasteiger partial charge in [-0.05, 0) is 36.4 Å². The molecule has 0 fully saturated rings. The monoisotopic (exact) mass is 430 g/mol. The number of hydrogen-bond acceptors (Lipinski definition) is 6. The fraction of sp³-hybridized carbons (Fsp3) is 0.150. The highest BCUT2D eigenvalue weighted by atomic mass is 35.5. The highest BCUT2D eigenvalue weighted by Crippen LogP contribution is 2.41. The zero-order valence-electron chi connectivity index (χ0n) is 15.8. The molecule has 148 valence electrons. The Kier molecular flexibility index (Phi) is 5.17. The zero-order valence-corrected chi connectivity index (χ0v) is 17.3. The van der Waals surface area contributed by atoms with E-state index in [-0.39, 0.29) is 0 Å². The zero-order chi connectivity index (χ0) is 20.5. The SMILES string of the molecule is COc1cc(-c2ccnc3nc(-c4ccc(Cl)c(Cl)c4)nn23)cc(OC)c1OC. The van der Waals surface area contributed by atoms with Gasteiger partial charge in [0.05, 0.1) is 37.1 Å². The number of benzene rings is 2. The number of ether oxygens (including phenoxy) is 3. The maximum absolute atomic E-state index is 6.14. The van der Waals surface area contributed by atoms with Crippen LogP contribution in [0.2, 0.25) is 10.0 Å². The van der Waals surface area contributed by atoms with Crippen molar-refractivity contribution in [1.29, 1.82) is 0 Å². The second-order valence-electron chi connectivity index (χ2n) is 6.02. The minimum absolute atomic E-state index is 0.431. The summed E-state index contributed by atoms with van der Waals surface area (Å²) in [5.41, 5.74) is 2.30. The van der Waals surface area contributed by atoms with Crippen molar-refractivity contribution in [2.45, 2.75) is 0 Å². The summed E-state index contributed by atoms with van der Waals surface area (Å²) in [6.07, 6.45) is 1.67. The molecular formula is C20H16Cl2N4O3. The summed E-state index contributed by atoms with van der Waals surface area (Å²) in [6.45, 7) is 0. The number of fused-ring (bicyclic) bond motifs is 1. The molecule has 0 unspecified atom stereocenters. The Labute approximate surface area is 176 Å². The van der Waals surface area contributed by atoms with Gasteiger partial charge in [-0.3, -0.25) is 0 Å². The fourth-order valence-electron chi connectivity index (χ4n) is 3.00. The normalized spacial score (nSPS) is 10.9. The molecule has 0 amide bonds. The van der Waals surface area contributed by atoms with Crippen molar-refractivity contribution < 1.29 is 14.2 Å². The molecule has 4 aromatic rings. The first-order valence-electron chi connectivity index (χ1n) is 8.53. The van der Waals surface area contributed by atoms with E-state index in [1.807, 2.05) is 24.3 Å². The maximum Gasteiger partial charge on any atom is 0.253 e.